The predicted octanol–water partition coefficient (Wildman–Crippen LogP) is 2.65. The Labute approximate surface area is 101 Å². The van der Waals surface area contributed by atoms with Gasteiger partial charge in [-0.1, -0.05) is 6.07 Å². The van der Waals surface area contributed by atoms with E-state index in [1.54, 1.807) is 13.3 Å². The molecule has 0 saturated carbocycles. The Kier molecular flexibility index (Phi) is 2.92. The van der Waals surface area contributed by atoms with Crippen molar-refractivity contribution in [3.05, 3.63) is 34.6 Å². The SMILES string of the molecule is CNC(=O)Cc1coc2c(C)c(C)cc(C)c12. The highest BCUT2D eigenvalue weighted by atomic mass is 16.3. The van der Waals surface area contributed by atoms with Crippen LogP contribution in [0.1, 0.15) is 22.3 Å². The summed E-state index contributed by atoms with van der Waals surface area (Å²) in [5, 5.41) is 3.71. The molecule has 0 radical (unpaired) electrons. The molecule has 1 heterocycles. The van der Waals surface area contributed by atoms with Crippen LogP contribution in [0.2, 0.25) is 0 Å². The van der Waals surface area contributed by atoms with E-state index in [2.05, 4.69) is 25.2 Å². The van der Waals surface area contributed by atoms with Crippen LogP contribution in [0.5, 0.6) is 0 Å². The molecule has 0 unspecified atom stereocenters. The van der Waals surface area contributed by atoms with Gasteiger partial charge in [0.1, 0.15) is 5.58 Å². The number of aryl methyl sites for hydroxylation is 3. The van der Waals surface area contributed by atoms with Crippen LogP contribution in [0.4, 0.5) is 0 Å². The van der Waals surface area contributed by atoms with Crippen LogP contribution in [-0.2, 0) is 11.2 Å². The van der Waals surface area contributed by atoms with E-state index < -0.39 is 0 Å². The van der Waals surface area contributed by atoms with Gasteiger partial charge in [-0.25, -0.2) is 0 Å². The van der Waals surface area contributed by atoms with E-state index in [4.69, 9.17) is 4.42 Å². The lowest BCUT2D eigenvalue weighted by Gasteiger charge is -2.05. The molecule has 17 heavy (non-hydrogen) atoms. The molecule has 0 atom stereocenters. The third kappa shape index (κ3) is 1.93. The minimum Gasteiger partial charge on any atom is -0.464 e. The number of hydrogen-bond donors (Lipinski definition) is 1. The van der Waals surface area contributed by atoms with Gasteiger partial charge < -0.3 is 9.73 Å². The lowest BCUT2D eigenvalue weighted by atomic mass is 9.99. The van der Waals surface area contributed by atoms with Gasteiger partial charge in [-0.05, 0) is 37.5 Å². The standard InChI is InChI=1S/C14H17NO2/c1-8-5-9(2)13-11(6-12(16)15-4)7-17-14(13)10(8)3/h5,7H,6H2,1-4H3,(H,15,16). The minimum atomic E-state index is 0.00493. The van der Waals surface area contributed by atoms with Crippen LogP contribution >= 0.6 is 0 Å². The fraction of sp³-hybridized carbons (Fsp3) is 0.357. The quantitative estimate of drug-likeness (QED) is 0.863. The van der Waals surface area contributed by atoms with Gasteiger partial charge in [-0.15, -0.1) is 0 Å². The summed E-state index contributed by atoms with van der Waals surface area (Å²) in [6, 6.07) is 2.14. The molecule has 1 N–H and O–H groups in total. The van der Waals surface area contributed by atoms with E-state index in [9.17, 15) is 4.79 Å². The molecular weight excluding hydrogens is 214 g/mol. The van der Waals surface area contributed by atoms with Gasteiger partial charge >= 0.3 is 0 Å². The van der Waals surface area contributed by atoms with E-state index >= 15 is 0 Å². The third-order valence-electron chi connectivity index (χ3n) is 3.26. The van der Waals surface area contributed by atoms with E-state index in [0.29, 0.717) is 6.42 Å². The van der Waals surface area contributed by atoms with Gasteiger partial charge in [0.2, 0.25) is 5.91 Å². The summed E-state index contributed by atoms with van der Waals surface area (Å²) in [6.07, 6.45) is 2.06. The van der Waals surface area contributed by atoms with Crippen LogP contribution in [0.3, 0.4) is 0 Å². The van der Waals surface area contributed by atoms with Crippen LogP contribution in [-0.4, -0.2) is 13.0 Å². The number of amides is 1. The van der Waals surface area contributed by atoms with Crippen molar-refractivity contribution >= 4 is 16.9 Å². The van der Waals surface area contributed by atoms with Crippen molar-refractivity contribution in [1.82, 2.24) is 5.32 Å². The van der Waals surface area contributed by atoms with Gasteiger partial charge in [0.15, 0.2) is 0 Å². The normalized spacial score (nSPS) is 10.8. The maximum absolute atomic E-state index is 11.4. The molecule has 0 aliphatic heterocycles. The zero-order valence-corrected chi connectivity index (χ0v) is 10.7. The lowest BCUT2D eigenvalue weighted by molar-refractivity contribution is -0.119. The summed E-state index contributed by atoms with van der Waals surface area (Å²) in [7, 11) is 1.65. The molecule has 1 amide bonds. The maximum Gasteiger partial charge on any atom is 0.224 e. The van der Waals surface area contributed by atoms with E-state index in [-0.39, 0.29) is 5.91 Å². The molecule has 1 aromatic heterocycles. The average Bonchev–Trinajstić information content (AvgIpc) is 2.70. The second-order valence-corrected chi connectivity index (χ2v) is 4.45. The fourth-order valence-corrected chi connectivity index (χ4v) is 2.18. The van der Waals surface area contributed by atoms with Gasteiger partial charge in [0.25, 0.3) is 0 Å². The molecule has 90 valence electrons. The molecule has 2 aromatic rings. The summed E-state index contributed by atoms with van der Waals surface area (Å²) >= 11 is 0. The summed E-state index contributed by atoms with van der Waals surface area (Å²) in [5.74, 6) is 0.00493. The van der Waals surface area contributed by atoms with Gasteiger partial charge in [0, 0.05) is 18.0 Å². The molecule has 0 spiro atoms. The Balaban J connectivity index is 2.60. The molecule has 1 aromatic carbocycles. The van der Waals surface area contributed by atoms with Crippen molar-refractivity contribution in [1.29, 1.82) is 0 Å². The summed E-state index contributed by atoms with van der Waals surface area (Å²) in [4.78, 5) is 11.4. The molecule has 2 rings (SSSR count). The molecule has 0 aliphatic carbocycles. The zero-order valence-electron chi connectivity index (χ0n) is 10.7. The summed E-state index contributed by atoms with van der Waals surface area (Å²) in [6.45, 7) is 6.17. The zero-order chi connectivity index (χ0) is 12.6. The fourth-order valence-electron chi connectivity index (χ4n) is 2.18. The Morgan fingerprint density at radius 3 is 2.65 bits per heavy atom. The molecule has 0 saturated heterocycles. The van der Waals surface area contributed by atoms with Crippen molar-refractivity contribution in [2.45, 2.75) is 27.2 Å². The largest absolute Gasteiger partial charge is 0.464 e. The maximum atomic E-state index is 11.4. The molecule has 3 nitrogen and oxygen atoms in total. The number of likely N-dealkylation sites (N-methyl/N-ethyl adjacent to an activating group) is 1. The number of carbonyl (C=O) groups is 1. The van der Waals surface area contributed by atoms with E-state index in [0.717, 1.165) is 27.7 Å². The first-order chi connectivity index (χ1) is 8.04. The summed E-state index contributed by atoms with van der Waals surface area (Å²) in [5.41, 5.74) is 5.39. The number of fused-ring (bicyclic) bond motifs is 1. The van der Waals surface area contributed by atoms with E-state index in [1.165, 1.54) is 5.56 Å². The van der Waals surface area contributed by atoms with Crippen molar-refractivity contribution in [3.63, 3.8) is 0 Å². The number of nitrogens with one attached hydrogen (secondary N) is 1. The lowest BCUT2D eigenvalue weighted by Crippen LogP contribution is -2.19. The Morgan fingerprint density at radius 1 is 1.29 bits per heavy atom. The van der Waals surface area contributed by atoms with Crippen LogP contribution in [0.25, 0.3) is 11.0 Å². The highest BCUT2D eigenvalue weighted by Crippen LogP contribution is 2.30. The predicted molar refractivity (Wildman–Crippen MR) is 68.2 cm³/mol. The first-order valence-corrected chi connectivity index (χ1v) is 5.72. The topological polar surface area (TPSA) is 42.2 Å². The van der Waals surface area contributed by atoms with Gasteiger partial charge in [-0.3, -0.25) is 4.79 Å². The van der Waals surface area contributed by atoms with Gasteiger partial charge in [-0.2, -0.15) is 0 Å². The molecule has 0 fully saturated rings. The number of benzene rings is 1. The smallest absolute Gasteiger partial charge is 0.224 e. The minimum absolute atomic E-state index is 0.00493. The van der Waals surface area contributed by atoms with Crippen molar-refractivity contribution in [2.24, 2.45) is 0 Å². The summed E-state index contributed by atoms with van der Waals surface area (Å²) < 4.78 is 5.61. The second kappa shape index (κ2) is 4.24. The van der Waals surface area contributed by atoms with Crippen LogP contribution in [0, 0.1) is 20.8 Å². The third-order valence-corrected chi connectivity index (χ3v) is 3.26. The Hall–Kier alpha value is -1.77. The van der Waals surface area contributed by atoms with Gasteiger partial charge in [0.05, 0.1) is 12.7 Å². The Morgan fingerprint density at radius 2 is 2.00 bits per heavy atom. The van der Waals surface area contributed by atoms with Crippen molar-refractivity contribution in [3.8, 4) is 0 Å². The van der Waals surface area contributed by atoms with E-state index in [1.807, 2.05) is 6.92 Å². The molecule has 0 bridgehead atoms. The second-order valence-electron chi connectivity index (χ2n) is 4.45. The van der Waals surface area contributed by atoms with Crippen LogP contribution < -0.4 is 5.32 Å². The molecule has 3 heteroatoms. The Bertz CT molecular complexity index is 581. The number of furan rings is 1. The van der Waals surface area contributed by atoms with Crippen molar-refractivity contribution < 1.29 is 9.21 Å². The van der Waals surface area contributed by atoms with Crippen molar-refractivity contribution in [2.75, 3.05) is 7.05 Å². The highest BCUT2D eigenvalue weighted by Gasteiger charge is 2.14. The number of hydrogen-bond acceptors (Lipinski definition) is 2. The first-order valence-electron chi connectivity index (χ1n) is 5.72. The van der Waals surface area contributed by atoms with Crippen LogP contribution in [0.15, 0.2) is 16.7 Å². The molecular formula is C14H17NO2. The number of carbonyl (C=O) groups excluding carboxylic acids is 1. The molecule has 0 aliphatic rings. The average molecular weight is 231 g/mol. The highest BCUT2D eigenvalue weighted by molar-refractivity contribution is 5.91. The first kappa shape index (κ1) is 11.7. The monoisotopic (exact) mass is 231 g/mol. The number of rotatable bonds is 2.